The normalized spacial score (nSPS) is 17.0. The van der Waals surface area contributed by atoms with Gasteiger partial charge in [-0.2, -0.15) is 0 Å². The highest BCUT2D eigenvalue weighted by molar-refractivity contribution is 7.98. The molecule has 2 rings (SSSR count). The second-order valence-corrected chi connectivity index (χ2v) is 4.91. The van der Waals surface area contributed by atoms with Crippen LogP contribution in [0.15, 0.2) is 17.0 Å². The standard InChI is InChI=1S/C12H17NO2S/c1-14-9-7-11(16-3)10(15-2)6-8(9)12(13)4-5-12/h6-7H,4-5,13H2,1-3H3. The summed E-state index contributed by atoms with van der Waals surface area (Å²) in [6, 6.07) is 4.02. The largest absolute Gasteiger partial charge is 0.496 e. The molecule has 3 nitrogen and oxygen atoms in total. The van der Waals surface area contributed by atoms with Gasteiger partial charge in [0.2, 0.25) is 0 Å². The third kappa shape index (κ3) is 1.87. The van der Waals surface area contributed by atoms with Crippen molar-refractivity contribution < 1.29 is 9.47 Å². The molecule has 0 atom stereocenters. The first-order valence-corrected chi connectivity index (χ1v) is 6.46. The molecule has 0 saturated heterocycles. The number of methoxy groups -OCH3 is 2. The molecular weight excluding hydrogens is 222 g/mol. The summed E-state index contributed by atoms with van der Waals surface area (Å²) in [4.78, 5) is 1.08. The van der Waals surface area contributed by atoms with Crippen molar-refractivity contribution in [1.29, 1.82) is 0 Å². The van der Waals surface area contributed by atoms with Crippen molar-refractivity contribution in [3.63, 3.8) is 0 Å². The van der Waals surface area contributed by atoms with E-state index in [4.69, 9.17) is 15.2 Å². The van der Waals surface area contributed by atoms with Crippen molar-refractivity contribution in [3.05, 3.63) is 17.7 Å². The smallest absolute Gasteiger partial charge is 0.133 e. The lowest BCUT2D eigenvalue weighted by Gasteiger charge is -2.17. The number of ether oxygens (including phenoxy) is 2. The van der Waals surface area contributed by atoms with Gasteiger partial charge in [-0.25, -0.2) is 0 Å². The van der Waals surface area contributed by atoms with Crippen molar-refractivity contribution in [2.24, 2.45) is 5.73 Å². The van der Waals surface area contributed by atoms with Crippen molar-refractivity contribution >= 4 is 11.8 Å². The van der Waals surface area contributed by atoms with Gasteiger partial charge in [0.05, 0.1) is 19.1 Å². The number of thioether (sulfide) groups is 1. The molecule has 4 heteroatoms. The van der Waals surface area contributed by atoms with E-state index in [2.05, 4.69) is 0 Å². The van der Waals surface area contributed by atoms with Crippen LogP contribution in [0, 0.1) is 0 Å². The summed E-state index contributed by atoms with van der Waals surface area (Å²) in [5, 5.41) is 0. The predicted molar refractivity (Wildman–Crippen MR) is 66.4 cm³/mol. The summed E-state index contributed by atoms with van der Waals surface area (Å²) in [5.41, 5.74) is 7.08. The molecule has 1 aromatic carbocycles. The fraction of sp³-hybridized carbons (Fsp3) is 0.500. The summed E-state index contributed by atoms with van der Waals surface area (Å²) in [7, 11) is 3.36. The first-order valence-electron chi connectivity index (χ1n) is 5.24. The minimum Gasteiger partial charge on any atom is -0.496 e. The molecule has 1 aromatic rings. The summed E-state index contributed by atoms with van der Waals surface area (Å²) in [5.74, 6) is 1.74. The second kappa shape index (κ2) is 4.18. The summed E-state index contributed by atoms with van der Waals surface area (Å²) >= 11 is 1.64. The van der Waals surface area contributed by atoms with Crippen LogP contribution in [-0.2, 0) is 5.54 Å². The van der Waals surface area contributed by atoms with Crippen molar-refractivity contribution in [3.8, 4) is 11.5 Å². The van der Waals surface area contributed by atoms with E-state index in [0.29, 0.717) is 0 Å². The molecule has 1 saturated carbocycles. The molecular formula is C12H17NO2S. The van der Waals surface area contributed by atoms with Crippen LogP contribution in [0.3, 0.4) is 0 Å². The number of hydrogen-bond donors (Lipinski definition) is 1. The van der Waals surface area contributed by atoms with E-state index < -0.39 is 0 Å². The Kier molecular flexibility index (Phi) is 3.04. The monoisotopic (exact) mass is 239 g/mol. The molecule has 88 valence electrons. The van der Waals surface area contributed by atoms with Gasteiger partial charge in [-0.05, 0) is 31.2 Å². The van der Waals surface area contributed by atoms with Crippen LogP contribution in [0.4, 0.5) is 0 Å². The van der Waals surface area contributed by atoms with Gasteiger partial charge in [-0.15, -0.1) is 11.8 Å². The lowest BCUT2D eigenvalue weighted by molar-refractivity contribution is 0.386. The van der Waals surface area contributed by atoms with Crippen LogP contribution in [0.1, 0.15) is 18.4 Å². The SMILES string of the molecule is COc1cc(C2(N)CC2)c(OC)cc1SC. The predicted octanol–water partition coefficient (Wildman–Crippen LogP) is 2.37. The Morgan fingerprint density at radius 3 is 2.25 bits per heavy atom. The molecule has 0 aliphatic heterocycles. The molecule has 0 unspecified atom stereocenters. The maximum absolute atomic E-state index is 6.22. The number of hydrogen-bond acceptors (Lipinski definition) is 4. The lowest BCUT2D eigenvalue weighted by atomic mass is 10.0. The highest BCUT2D eigenvalue weighted by Gasteiger charge is 2.42. The third-order valence-corrected chi connectivity index (χ3v) is 3.79. The van der Waals surface area contributed by atoms with Gasteiger partial charge in [0.25, 0.3) is 0 Å². The van der Waals surface area contributed by atoms with E-state index in [1.54, 1.807) is 26.0 Å². The van der Waals surface area contributed by atoms with Crippen molar-refractivity contribution in [2.45, 2.75) is 23.3 Å². The van der Waals surface area contributed by atoms with Crippen LogP contribution < -0.4 is 15.2 Å². The molecule has 16 heavy (non-hydrogen) atoms. The Bertz CT molecular complexity index is 402. The van der Waals surface area contributed by atoms with Crippen molar-refractivity contribution in [2.75, 3.05) is 20.5 Å². The molecule has 0 radical (unpaired) electrons. The molecule has 1 aliphatic rings. The van der Waals surface area contributed by atoms with Gasteiger partial charge in [-0.1, -0.05) is 0 Å². The van der Waals surface area contributed by atoms with E-state index in [1.807, 2.05) is 18.4 Å². The van der Waals surface area contributed by atoms with Gasteiger partial charge in [0, 0.05) is 11.1 Å². The fourth-order valence-electron chi connectivity index (χ4n) is 1.82. The summed E-state index contributed by atoms with van der Waals surface area (Å²) < 4.78 is 10.8. The molecule has 1 fully saturated rings. The minimum atomic E-state index is -0.199. The highest BCUT2D eigenvalue weighted by atomic mass is 32.2. The average molecular weight is 239 g/mol. The second-order valence-electron chi connectivity index (χ2n) is 4.06. The zero-order valence-corrected chi connectivity index (χ0v) is 10.7. The van der Waals surface area contributed by atoms with Crippen LogP contribution in [0.5, 0.6) is 11.5 Å². The number of rotatable bonds is 4. The molecule has 0 aromatic heterocycles. The van der Waals surface area contributed by atoms with Gasteiger partial charge in [0.15, 0.2) is 0 Å². The van der Waals surface area contributed by atoms with Crippen LogP contribution in [0.25, 0.3) is 0 Å². The Hall–Kier alpha value is -0.870. The number of nitrogens with two attached hydrogens (primary N) is 1. The van der Waals surface area contributed by atoms with E-state index in [1.165, 1.54) is 0 Å². The molecule has 0 amide bonds. The third-order valence-electron chi connectivity index (χ3n) is 3.03. The zero-order chi connectivity index (χ0) is 11.8. The maximum atomic E-state index is 6.22. The van der Waals surface area contributed by atoms with Gasteiger partial charge >= 0.3 is 0 Å². The Morgan fingerprint density at radius 1 is 1.19 bits per heavy atom. The minimum absolute atomic E-state index is 0.199. The van der Waals surface area contributed by atoms with Gasteiger partial charge in [-0.3, -0.25) is 0 Å². The van der Waals surface area contributed by atoms with E-state index in [0.717, 1.165) is 34.8 Å². The zero-order valence-electron chi connectivity index (χ0n) is 9.87. The first-order chi connectivity index (χ1) is 7.64. The molecule has 1 aliphatic carbocycles. The van der Waals surface area contributed by atoms with Crippen LogP contribution >= 0.6 is 11.8 Å². The maximum Gasteiger partial charge on any atom is 0.133 e. The molecule has 0 bridgehead atoms. The lowest BCUT2D eigenvalue weighted by Crippen LogP contribution is -2.19. The Morgan fingerprint density at radius 2 is 1.81 bits per heavy atom. The molecule has 0 heterocycles. The summed E-state index contributed by atoms with van der Waals surface area (Å²) in [6.45, 7) is 0. The van der Waals surface area contributed by atoms with E-state index in [9.17, 15) is 0 Å². The Labute approximate surface area is 100 Å². The van der Waals surface area contributed by atoms with Gasteiger partial charge in [0.1, 0.15) is 11.5 Å². The Balaban J connectivity index is 2.51. The quantitative estimate of drug-likeness (QED) is 0.819. The fourth-order valence-corrected chi connectivity index (χ4v) is 2.39. The topological polar surface area (TPSA) is 44.5 Å². The van der Waals surface area contributed by atoms with Crippen LogP contribution in [0.2, 0.25) is 0 Å². The number of benzene rings is 1. The molecule has 2 N–H and O–H groups in total. The summed E-state index contributed by atoms with van der Waals surface area (Å²) in [6.07, 6.45) is 4.06. The molecule has 0 spiro atoms. The highest BCUT2D eigenvalue weighted by Crippen LogP contribution is 2.49. The van der Waals surface area contributed by atoms with Gasteiger partial charge < -0.3 is 15.2 Å². The van der Waals surface area contributed by atoms with E-state index in [-0.39, 0.29) is 5.54 Å². The first kappa shape index (κ1) is 11.6. The van der Waals surface area contributed by atoms with E-state index >= 15 is 0 Å². The van der Waals surface area contributed by atoms with Crippen molar-refractivity contribution in [1.82, 2.24) is 0 Å². The average Bonchev–Trinajstić information content (AvgIpc) is 3.06. The van der Waals surface area contributed by atoms with Crippen LogP contribution in [-0.4, -0.2) is 20.5 Å².